The van der Waals surface area contributed by atoms with Gasteiger partial charge in [-0.1, -0.05) is 282 Å². The Morgan fingerprint density at radius 3 is 1.23 bits per heavy atom. The Labute approximate surface area is 488 Å². The van der Waals surface area contributed by atoms with Gasteiger partial charge in [0.15, 0.2) is 12.6 Å². The third kappa shape index (κ3) is 36.3. The van der Waals surface area contributed by atoms with E-state index in [1.54, 1.807) is 6.08 Å². The molecule has 0 aromatic carbocycles. The molecule has 80 heavy (non-hydrogen) atoms. The minimum absolute atomic E-state index is 0.243. The zero-order chi connectivity index (χ0) is 58.1. The van der Waals surface area contributed by atoms with Crippen molar-refractivity contribution in [2.75, 3.05) is 19.8 Å². The summed E-state index contributed by atoms with van der Waals surface area (Å²) < 4.78 is 22.8. The van der Waals surface area contributed by atoms with Gasteiger partial charge in [-0.2, -0.15) is 0 Å². The van der Waals surface area contributed by atoms with Crippen molar-refractivity contribution >= 4 is 5.91 Å². The van der Waals surface area contributed by atoms with Crippen LogP contribution in [0.1, 0.15) is 296 Å². The van der Waals surface area contributed by atoms with Crippen LogP contribution in [0.3, 0.4) is 0 Å². The van der Waals surface area contributed by atoms with Crippen LogP contribution in [-0.2, 0) is 23.7 Å². The van der Waals surface area contributed by atoms with E-state index in [9.17, 15) is 45.6 Å². The van der Waals surface area contributed by atoms with Gasteiger partial charge in [-0.15, -0.1) is 0 Å². The molecule has 1 amide bonds. The first kappa shape index (κ1) is 74.6. The maximum absolute atomic E-state index is 13.3. The van der Waals surface area contributed by atoms with Crippen molar-refractivity contribution in [2.45, 2.75) is 370 Å². The summed E-state index contributed by atoms with van der Waals surface area (Å²) in [7, 11) is 0. The highest BCUT2D eigenvalue weighted by Crippen LogP contribution is 2.30. The van der Waals surface area contributed by atoms with Crippen molar-refractivity contribution in [3.63, 3.8) is 0 Å². The van der Waals surface area contributed by atoms with E-state index < -0.39 is 86.8 Å². The van der Waals surface area contributed by atoms with Crippen molar-refractivity contribution < 1.29 is 64.6 Å². The summed E-state index contributed by atoms with van der Waals surface area (Å²) in [5.41, 5.74) is 0. The molecule has 0 bridgehead atoms. The normalized spacial score (nSPS) is 24.3. The summed E-state index contributed by atoms with van der Waals surface area (Å²) in [4.78, 5) is 13.3. The third-order valence-corrected chi connectivity index (χ3v) is 16.6. The molecule has 0 spiro atoms. The molecule has 0 aliphatic carbocycles. The van der Waals surface area contributed by atoms with Crippen LogP contribution in [0.25, 0.3) is 0 Å². The van der Waals surface area contributed by atoms with Crippen molar-refractivity contribution in [1.29, 1.82) is 0 Å². The molecule has 9 N–H and O–H groups in total. The molecule has 2 saturated heterocycles. The second-order valence-electron chi connectivity index (χ2n) is 24.0. The third-order valence-electron chi connectivity index (χ3n) is 16.6. The molecule has 0 aromatic rings. The molecule has 0 saturated carbocycles. The van der Waals surface area contributed by atoms with Gasteiger partial charge in [0.1, 0.15) is 48.8 Å². The number of amides is 1. The molecule has 2 fully saturated rings. The number of ether oxygens (including phenoxy) is 4. The summed E-state index contributed by atoms with van der Waals surface area (Å²) in [5, 5.41) is 87.3. The quantitative estimate of drug-likeness (QED) is 0.0204. The molecule has 2 aliphatic rings. The van der Waals surface area contributed by atoms with E-state index >= 15 is 0 Å². The summed E-state index contributed by atoms with van der Waals surface area (Å²) >= 11 is 0. The lowest BCUT2D eigenvalue weighted by Crippen LogP contribution is -2.65. The predicted octanol–water partition coefficient (Wildman–Crippen LogP) is 12.8. The van der Waals surface area contributed by atoms with Crippen LogP contribution in [0.15, 0.2) is 24.3 Å². The van der Waals surface area contributed by atoms with E-state index in [-0.39, 0.29) is 18.9 Å². The lowest BCUT2D eigenvalue weighted by atomic mass is 9.97. The van der Waals surface area contributed by atoms with Crippen LogP contribution < -0.4 is 5.32 Å². The van der Waals surface area contributed by atoms with Gasteiger partial charge in [0.05, 0.1) is 32.0 Å². The summed E-state index contributed by atoms with van der Waals surface area (Å²) in [5.74, 6) is -0.243. The van der Waals surface area contributed by atoms with E-state index in [0.29, 0.717) is 12.8 Å². The number of hydrogen-bond acceptors (Lipinski definition) is 13. The number of hydrogen-bond donors (Lipinski definition) is 9. The average Bonchev–Trinajstić information content (AvgIpc) is 3.48. The van der Waals surface area contributed by atoms with E-state index in [0.717, 1.165) is 32.1 Å². The standard InChI is InChI=1S/C66H125NO13/c1-3-5-7-9-11-13-15-17-19-21-23-25-26-27-28-30-31-33-35-37-39-41-43-45-47-49-55(70)54(53-77-65-63(76)61(74)64(57(52-69)79-65)80-66-62(75)60(73)59(72)56(51-68)78-66)67-58(71)50-48-46-44-42-40-38-36-34-32-29-24-22-20-18-16-14-12-10-8-6-4-2/h39,41,47,49,54-57,59-66,68-70,72-76H,3-38,40,42-46,48,50-53H2,1-2H3,(H,67,71)/b41-39+,49-47+. The van der Waals surface area contributed by atoms with Gasteiger partial charge in [0.25, 0.3) is 0 Å². The van der Waals surface area contributed by atoms with Gasteiger partial charge >= 0.3 is 0 Å². The average molecular weight is 1140 g/mol. The van der Waals surface area contributed by atoms with Crippen LogP contribution in [-0.4, -0.2) is 140 Å². The fraction of sp³-hybridized carbons (Fsp3) is 0.924. The Hall–Kier alpha value is -1.53. The van der Waals surface area contributed by atoms with Crippen LogP contribution >= 0.6 is 0 Å². The van der Waals surface area contributed by atoms with Gasteiger partial charge in [-0.05, 0) is 32.1 Å². The topological polar surface area (TPSA) is 228 Å². The number of aliphatic hydroxyl groups excluding tert-OH is 8. The Kier molecular flexibility index (Phi) is 48.3. The zero-order valence-electron chi connectivity index (χ0n) is 51.1. The van der Waals surface area contributed by atoms with E-state index in [4.69, 9.17) is 18.9 Å². The molecule has 2 rings (SSSR count). The van der Waals surface area contributed by atoms with Crippen molar-refractivity contribution in [2.24, 2.45) is 0 Å². The predicted molar refractivity (Wildman–Crippen MR) is 323 cm³/mol. The molecular weight excluding hydrogens is 1010 g/mol. The summed E-state index contributed by atoms with van der Waals surface area (Å²) in [6.45, 7) is 2.83. The second kappa shape index (κ2) is 51.9. The minimum Gasteiger partial charge on any atom is -0.394 e. The van der Waals surface area contributed by atoms with E-state index in [2.05, 4.69) is 31.3 Å². The van der Waals surface area contributed by atoms with Crippen molar-refractivity contribution in [3.8, 4) is 0 Å². The molecule has 2 aliphatic heterocycles. The van der Waals surface area contributed by atoms with E-state index in [1.165, 1.54) is 231 Å². The van der Waals surface area contributed by atoms with Gasteiger partial charge in [-0.25, -0.2) is 0 Å². The highest BCUT2D eigenvalue weighted by Gasteiger charge is 2.51. The number of nitrogens with one attached hydrogen (secondary N) is 1. The summed E-state index contributed by atoms with van der Waals surface area (Å²) in [6.07, 6.45) is 46.6. The van der Waals surface area contributed by atoms with Gasteiger partial charge < -0.3 is 65.1 Å². The SMILES string of the molecule is CCCCCCCCCCCCCCCCCCCCC/C=C/CC/C=C/C(O)C(COC1OC(CO)C(OC2OC(CO)C(O)C(O)C2O)C(O)C1O)NC(=O)CCCCCCCCCCCCCCCCCCCCCCC. The Balaban J connectivity index is 1.72. The molecule has 12 unspecified atom stereocenters. The van der Waals surface area contributed by atoms with Crippen molar-refractivity contribution in [3.05, 3.63) is 24.3 Å². The number of unbranched alkanes of at least 4 members (excludes halogenated alkanes) is 40. The largest absolute Gasteiger partial charge is 0.394 e. The fourth-order valence-electron chi connectivity index (χ4n) is 11.3. The molecule has 0 aromatic heterocycles. The van der Waals surface area contributed by atoms with Crippen LogP contribution in [0.5, 0.6) is 0 Å². The molecular formula is C66H125NO13. The number of carbonyl (C=O) groups is 1. The number of allylic oxidation sites excluding steroid dienone is 3. The Bertz CT molecular complexity index is 1440. The Morgan fingerprint density at radius 2 is 0.800 bits per heavy atom. The number of aliphatic hydroxyl groups is 8. The molecule has 472 valence electrons. The maximum atomic E-state index is 13.3. The smallest absolute Gasteiger partial charge is 0.220 e. The number of carbonyl (C=O) groups excluding carboxylic acids is 1. The number of rotatable bonds is 55. The van der Waals surface area contributed by atoms with Crippen LogP contribution in [0.4, 0.5) is 0 Å². The minimum atomic E-state index is -1.79. The molecule has 14 nitrogen and oxygen atoms in total. The first-order valence-electron chi connectivity index (χ1n) is 33.6. The first-order chi connectivity index (χ1) is 39.1. The maximum Gasteiger partial charge on any atom is 0.220 e. The molecule has 14 heteroatoms. The molecule has 12 atom stereocenters. The van der Waals surface area contributed by atoms with Gasteiger partial charge in [0, 0.05) is 6.42 Å². The fourth-order valence-corrected chi connectivity index (χ4v) is 11.3. The highest BCUT2D eigenvalue weighted by molar-refractivity contribution is 5.76. The second-order valence-corrected chi connectivity index (χ2v) is 24.0. The highest BCUT2D eigenvalue weighted by atomic mass is 16.7. The summed E-state index contributed by atoms with van der Waals surface area (Å²) in [6, 6.07) is -0.929. The van der Waals surface area contributed by atoms with E-state index in [1.807, 2.05) is 6.08 Å². The van der Waals surface area contributed by atoms with Crippen molar-refractivity contribution in [1.82, 2.24) is 5.32 Å². The zero-order valence-corrected chi connectivity index (χ0v) is 51.1. The lowest BCUT2D eigenvalue weighted by Gasteiger charge is -2.46. The Morgan fingerprint density at radius 1 is 0.438 bits per heavy atom. The van der Waals surface area contributed by atoms with Crippen LogP contribution in [0, 0.1) is 0 Å². The lowest BCUT2D eigenvalue weighted by molar-refractivity contribution is -0.359. The first-order valence-corrected chi connectivity index (χ1v) is 33.6. The van der Waals surface area contributed by atoms with Gasteiger partial charge in [0.2, 0.25) is 5.91 Å². The molecule has 2 heterocycles. The van der Waals surface area contributed by atoms with Gasteiger partial charge in [-0.3, -0.25) is 4.79 Å². The van der Waals surface area contributed by atoms with Crippen LogP contribution in [0.2, 0.25) is 0 Å². The monoisotopic (exact) mass is 1140 g/mol. The molecule has 0 radical (unpaired) electrons.